The minimum Gasteiger partial charge on any atom is -0.399 e. The second-order valence-corrected chi connectivity index (χ2v) is 3.66. The van der Waals surface area contributed by atoms with Gasteiger partial charge in [0.1, 0.15) is 0 Å². The second kappa shape index (κ2) is 5.01. The average Bonchev–Trinajstić information content (AvgIpc) is 2.20. The van der Waals surface area contributed by atoms with Crippen molar-refractivity contribution >= 4 is 5.69 Å². The van der Waals surface area contributed by atoms with E-state index in [-0.39, 0.29) is 0 Å². The Morgan fingerprint density at radius 2 is 2.14 bits per heavy atom. The van der Waals surface area contributed by atoms with Gasteiger partial charge in [0.15, 0.2) is 0 Å². The van der Waals surface area contributed by atoms with Crippen LogP contribution in [-0.2, 0) is 11.3 Å². The molecule has 0 heterocycles. The van der Waals surface area contributed by atoms with E-state index < -0.39 is 0 Å². The molecule has 1 rings (SSSR count). The summed E-state index contributed by atoms with van der Waals surface area (Å²) in [4.78, 5) is 0. The van der Waals surface area contributed by atoms with Gasteiger partial charge in [-0.2, -0.15) is 0 Å². The molecular weight excluding hydrogens is 174 g/mol. The van der Waals surface area contributed by atoms with Crippen molar-refractivity contribution in [1.82, 2.24) is 0 Å². The summed E-state index contributed by atoms with van der Waals surface area (Å²) in [5.41, 5.74) is 8.97. The molecule has 0 amide bonds. The van der Waals surface area contributed by atoms with Gasteiger partial charge in [0.25, 0.3) is 0 Å². The highest BCUT2D eigenvalue weighted by Gasteiger charge is 2.03. The van der Waals surface area contributed by atoms with Crippen molar-refractivity contribution in [3.8, 4) is 0 Å². The molecule has 0 aliphatic heterocycles. The molecule has 0 radical (unpaired) electrons. The van der Waals surface area contributed by atoms with Crippen LogP contribution in [0, 0.1) is 6.92 Å². The van der Waals surface area contributed by atoms with E-state index in [4.69, 9.17) is 10.5 Å². The molecular formula is C12H19NO. The Kier molecular flexibility index (Phi) is 3.96. The van der Waals surface area contributed by atoms with Gasteiger partial charge >= 0.3 is 0 Å². The first-order valence-corrected chi connectivity index (χ1v) is 5.10. The summed E-state index contributed by atoms with van der Waals surface area (Å²) in [6.07, 6.45) is 1.36. The lowest BCUT2D eigenvalue weighted by atomic mass is 10.1. The molecule has 0 saturated heterocycles. The maximum Gasteiger partial charge on any atom is 0.0723 e. The molecule has 1 unspecified atom stereocenters. The fraction of sp³-hybridized carbons (Fsp3) is 0.500. The van der Waals surface area contributed by atoms with Crippen LogP contribution >= 0.6 is 0 Å². The number of nitrogen functional groups attached to an aromatic ring is 1. The topological polar surface area (TPSA) is 35.2 Å². The standard InChI is InChI=1S/C12H19NO/c1-4-9(2)14-8-11-6-5-7-12(13)10(11)3/h5-7,9H,4,8,13H2,1-3H3. The Balaban J connectivity index is 2.63. The smallest absolute Gasteiger partial charge is 0.0723 e. The normalized spacial score (nSPS) is 12.8. The highest BCUT2D eigenvalue weighted by molar-refractivity contribution is 5.49. The van der Waals surface area contributed by atoms with E-state index in [1.165, 1.54) is 5.56 Å². The minimum atomic E-state index is 0.316. The predicted octanol–water partition coefficient (Wildman–Crippen LogP) is 2.89. The number of anilines is 1. The fourth-order valence-corrected chi connectivity index (χ4v) is 1.21. The zero-order valence-electron chi connectivity index (χ0n) is 9.21. The lowest BCUT2D eigenvalue weighted by molar-refractivity contribution is 0.0506. The fourth-order valence-electron chi connectivity index (χ4n) is 1.21. The Bertz CT molecular complexity index is 296. The number of nitrogens with two attached hydrogens (primary N) is 1. The van der Waals surface area contributed by atoms with E-state index >= 15 is 0 Å². The van der Waals surface area contributed by atoms with E-state index in [0.29, 0.717) is 12.7 Å². The molecule has 0 fully saturated rings. The van der Waals surface area contributed by atoms with Gasteiger partial charge in [-0.05, 0) is 37.5 Å². The molecule has 14 heavy (non-hydrogen) atoms. The van der Waals surface area contributed by atoms with Crippen molar-refractivity contribution in [1.29, 1.82) is 0 Å². The van der Waals surface area contributed by atoms with E-state index in [2.05, 4.69) is 19.9 Å². The minimum absolute atomic E-state index is 0.316. The van der Waals surface area contributed by atoms with Crippen molar-refractivity contribution in [2.24, 2.45) is 0 Å². The molecule has 1 aromatic rings. The quantitative estimate of drug-likeness (QED) is 0.746. The highest BCUT2D eigenvalue weighted by Crippen LogP contribution is 2.17. The summed E-state index contributed by atoms with van der Waals surface area (Å²) in [5, 5.41) is 0. The Labute approximate surface area is 86.1 Å². The largest absolute Gasteiger partial charge is 0.399 e. The van der Waals surface area contributed by atoms with Crippen LogP contribution in [0.5, 0.6) is 0 Å². The van der Waals surface area contributed by atoms with Gasteiger partial charge in [-0.25, -0.2) is 0 Å². The monoisotopic (exact) mass is 193 g/mol. The third kappa shape index (κ3) is 2.74. The summed E-state index contributed by atoms with van der Waals surface area (Å²) in [5.74, 6) is 0. The van der Waals surface area contributed by atoms with Crippen molar-refractivity contribution in [3.05, 3.63) is 29.3 Å². The van der Waals surface area contributed by atoms with E-state index in [9.17, 15) is 0 Å². The van der Waals surface area contributed by atoms with E-state index in [0.717, 1.165) is 17.7 Å². The zero-order valence-corrected chi connectivity index (χ0v) is 9.21. The molecule has 2 N–H and O–H groups in total. The molecule has 2 heteroatoms. The van der Waals surface area contributed by atoms with Crippen molar-refractivity contribution in [2.75, 3.05) is 5.73 Å². The van der Waals surface area contributed by atoms with Crippen LogP contribution in [0.25, 0.3) is 0 Å². The third-order valence-electron chi connectivity index (χ3n) is 2.59. The molecule has 0 aliphatic rings. The van der Waals surface area contributed by atoms with Gasteiger partial charge in [-0.3, -0.25) is 0 Å². The number of hydrogen-bond donors (Lipinski definition) is 1. The average molecular weight is 193 g/mol. The molecule has 0 aromatic heterocycles. The number of hydrogen-bond acceptors (Lipinski definition) is 2. The third-order valence-corrected chi connectivity index (χ3v) is 2.59. The van der Waals surface area contributed by atoms with Crippen molar-refractivity contribution < 1.29 is 4.74 Å². The zero-order chi connectivity index (χ0) is 10.6. The second-order valence-electron chi connectivity index (χ2n) is 3.66. The molecule has 0 saturated carbocycles. The van der Waals surface area contributed by atoms with Crippen LogP contribution in [0.1, 0.15) is 31.4 Å². The summed E-state index contributed by atoms with van der Waals surface area (Å²) < 4.78 is 5.66. The highest BCUT2D eigenvalue weighted by atomic mass is 16.5. The van der Waals surface area contributed by atoms with Gasteiger partial charge in [0, 0.05) is 5.69 Å². The van der Waals surface area contributed by atoms with Crippen LogP contribution in [0.3, 0.4) is 0 Å². The maximum atomic E-state index is 5.80. The van der Waals surface area contributed by atoms with E-state index in [1.54, 1.807) is 0 Å². The van der Waals surface area contributed by atoms with Crippen LogP contribution < -0.4 is 5.73 Å². The van der Waals surface area contributed by atoms with Gasteiger partial charge in [0.05, 0.1) is 12.7 Å². The van der Waals surface area contributed by atoms with Crippen LogP contribution in [0.4, 0.5) is 5.69 Å². The van der Waals surface area contributed by atoms with Gasteiger partial charge < -0.3 is 10.5 Å². The summed E-state index contributed by atoms with van der Waals surface area (Å²) in [7, 11) is 0. The molecule has 0 bridgehead atoms. The van der Waals surface area contributed by atoms with Gasteiger partial charge in [-0.15, -0.1) is 0 Å². The maximum absolute atomic E-state index is 5.80. The van der Waals surface area contributed by atoms with E-state index in [1.807, 2.05) is 19.1 Å². The first-order chi connectivity index (χ1) is 6.65. The molecule has 0 aliphatic carbocycles. The summed E-state index contributed by atoms with van der Waals surface area (Å²) in [6, 6.07) is 5.95. The first kappa shape index (κ1) is 11.1. The number of rotatable bonds is 4. The molecule has 0 spiro atoms. The molecule has 2 nitrogen and oxygen atoms in total. The molecule has 1 atom stereocenters. The Morgan fingerprint density at radius 3 is 2.79 bits per heavy atom. The lowest BCUT2D eigenvalue weighted by Gasteiger charge is -2.13. The van der Waals surface area contributed by atoms with Gasteiger partial charge in [0.2, 0.25) is 0 Å². The first-order valence-electron chi connectivity index (χ1n) is 5.10. The lowest BCUT2D eigenvalue weighted by Crippen LogP contribution is -2.07. The number of ether oxygens (including phenoxy) is 1. The van der Waals surface area contributed by atoms with Crippen LogP contribution in [-0.4, -0.2) is 6.10 Å². The Hall–Kier alpha value is -1.02. The van der Waals surface area contributed by atoms with Crippen molar-refractivity contribution in [3.63, 3.8) is 0 Å². The SMILES string of the molecule is CCC(C)OCc1cccc(N)c1C. The Morgan fingerprint density at radius 1 is 1.43 bits per heavy atom. The van der Waals surface area contributed by atoms with Crippen molar-refractivity contribution in [2.45, 2.75) is 39.9 Å². The predicted molar refractivity (Wildman–Crippen MR) is 60.1 cm³/mol. The molecule has 1 aromatic carbocycles. The van der Waals surface area contributed by atoms with Crippen LogP contribution in [0.2, 0.25) is 0 Å². The van der Waals surface area contributed by atoms with Crippen LogP contribution in [0.15, 0.2) is 18.2 Å². The summed E-state index contributed by atoms with van der Waals surface area (Å²) >= 11 is 0. The number of benzene rings is 1. The molecule has 78 valence electrons. The summed E-state index contributed by atoms with van der Waals surface area (Å²) in [6.45, 7) is 6.90. The van der Waals surface area contributed by atoms with Gasteiger partial charge in [-0.1, -0.05) is 19.1 Å².